The zero-order chi connectivity index (χ0) is 12.8. The van der Waals surface area contributed by atoms with E-state index in [1.54, 1.807) is 18.0 Å². The molecule has 0 aliphatic heterocycles. The Kier molecular flexibility index (Phi) is 4.73. The van der Waals surface area contributed by atoms with Crippen molar-refractivity contribution in [1.29, 1.82) is 0 Å². The van der Waals surface area contributed by atoms with Crippen LogP contribution in [0, 0.1) is 0 Å². The molecule has 0 aromatic carbocycles. The van der Waals surface area contributed by atoms with Crippen LogP contribution in [0.1, 0.15) is 19.4 Å². The average Bonchev–Trinajstić information content (AvgIpc) is 2.39. The molecular formula is C14H17N3S. The monoisotopic (exact) mass is 259 g/mol. The Labute approximate surface area is 112 Å². The quantitative estimate of drug-likeness (QED) is 0.895. The Balaban J connectivity index is 2.12. The van der Waals surface area contributed by atoms with Crippen LogP contribution in [0.3, 0.4) is 0 Å². The molecule has 0 bridgehead atoms. The molecule has 0 saturated carbocycles. The van der Waals surface area contributed by atoms with E-state index in [2.05, 4.69) is 35.2 Å². The minimum atomic E-state index is 0.470. The first-order valence-corrected chi connectivity index (χ1v) is 6.83. The highest BCUT2D eigenvalue weighted by Gasteiger charge is 2.06. The summed E-state index contributed by atoms with van der Waals surface area (Å²) in [6.45, 7) is 5.12. The SMILES string of the molecule is CC(C)NCc1cccnc1Sc1ccccn1. The van der Waals surface area contributed by atoms with Gasteiger partial charge in [0.25, 0.3) is 0 Å². The van der Waals surface area contributed by atoms with Gasteiger partial charge in [-0.15, -0.1) is 0 Å². The third kappa shape index (κ3) is 3.82. The maximum Gasteiger partial charge on any atom is 0.107 e. The van der Waals surface area contributed by atoms with Crippen LogP contribution >= 0.6 is 11.8 Å². The van der Waals surface area contributed by atoms with Crippen molar-refractivity contribution in [2.75, 3.05) is 0 Å². The Morgan fingerprint density at radius 1 is 1.11 bits per heavy atom. The number of nitrogens with one attached hydrogen (secondary N) is 1. The molecule has 0 spiro atoms. The third-order valence-corrected chi connectivity index (χ3v) is 3.40. The minimum absolute atomic E-state index is 0.470. The van der Waals surface area contributed by atoms with Gasteiger partial charge in [0.1, 0.15) is 10.1 Å². The molecule has 0 unspecified atom stereocenters. The number of nitrogens with zero attached hydrogens (tertiary/aromatic N) is 2. The highest BCUT2D eigenvalue weighted by atomic mass is 32.2. The van der Waals surface area contributed by atoms with E-state index in [-0.39, 0.29) is 0 Å². The van der Waals surface area contributed by atoms with Crippen molar-refractivity contribution in [2.45, 2.75) is 36.5 Å². The maximum atomic E-state index is 4.43. The number of pyridine rings is 2. The van der Waals surface area contributed by atoms with Crippen LogP contribution in [0.4, 0.5) is 0 Å². The summed E-state index contributed by atoms with van der Waals surface area (Å²) in [4.78, 5) is 8.75. The van der Waals surface area contributed by atoms with Crippen molar-refractivity contribution in [3.8, 4) is 0 Å². The number of aromatic nitrogens is 2. The lowest BCUT2D eigenvalue weighted by atomic mass is 10.2. The molecule has 0 fully saturated rings. The van der Waals surface area contributed by atoms with Crippen LogP contribution < -0.4 is 5.32 Å². The average molecular weight is 259 g/mol. The zero-order valence-electron chi connectivity index (χ0n) is 10.6. The van der Waals surface area contributed by atoms with Crippen molar-refractivity contribution in [1.82, 2.24) is 15.3 Å². The van der Waals surface area contributed by atoms with Gasteiger partial charge in [-0.2, -0.15) is 0 Å². The van der Waals surface area contributed by atoms with E-state index in [4.69, 9.17) is 0 Å². The van der Waals surface area contributed by atoms with E-state index in [1.165, 1.54) is 5.56 Å². The summed E-state index contributed by atoms with van der Waals surface area (Å²) >= 11 is 1.60. The van der Waals surface area contributed by atoms with Gasteiger partial charge in [-0.1, -0.05) is 26.0 Å². The lowest BCUT2D eigenvalue weighted by molar-refractivity contribution is 0.582. The molecule has 18 heavy (non-hydrogen) atoms. The maximum absolute atomic E-state index is 4.43. The second kappa shape index (κ2) is 6.52. The molecule has 0 atom stereocenters. The van der Waals surface area contributed by atoms with Gasteiger partial charge in [0.05, 0.1) is 0 Å². The fraction of sp³-hybridized carbons (Fsp3) is 0.286. The number of hydrogen-bond acceptors (Lipinski definition) is 4. The van der Waals surface area contributed by atoms with Gasteiger partial charge in [-0.05, 0) is 35.5 Å². The molecule has 94 valence electrons. The standard InChI is InChI=1S/C14H17N3S/c1-11(2)17-10-12-6-5-9-16-14(12)18-13-7-3-4-8-15-13/h3-9,11,17H,10H2,1-2H3. The van der Waals surface area contributed by atoms with Crippen LogP contribution in [0.25, 0.3) is 0 Å². The fourth-order valence-electron chi connectivity index (χ4n) is 1.47. The molecule has 0 saturated heterocycles. The lowest BCUT2D eigenvalue weighted by Crippen LogP contribution is -2.22. The van der Waals surface area contributed by atoms with Crippen molar-refractivity contribution in [2.24, 2.45) is 0 Å². The summed E-state index contributed by atoms with van der Waals surface area (Å²) in [5, 5.41) is 5.41. The van der Waals surface area contributed by atoms with Crippen LogP contribution in [-0.2, 0) is 6.54 Å². The Morgan fingerprint density at radius 2 is 1.94 bits per heavy atom. The Morgan fingerprint density at radius 3 is 2.67 bits per heavy atom. The first kappa shape index (κ1) is 13.1. The van der Waals surface area contributed by atoms with Crippen molar-refractivity contribution < 1.29 is 0 Å². The first-order chi connectivity index (χ1) is 8.75. The van der Waals surface area contributed by atoms with Gasteiger partial charge in [-0.25, -0.2) is 9.97 Å². The van der Waals surface area contributed by atoms with E-state index >= 15 is 0 Å². The van der Waals surface area contributed by atoms with Crippen LogP contribution in [0.15, 0.2) is 52.8 Å². The van der Waals surface area contributed by atoms with Crippen molar-refractivity contribution in [3.05, 3.63) is 48.3 Å². The summed E-state index contributed by atoms with van der Waals surface area (Å²) in [6, 6.07) is 10.5. The van der Waals surface area contributed by atoms with Crippen LogP contribution in [0.5, 0.6) is 0 Å². The van der Waals surface area contributed by atoms with Crippen LogP contribution in [0.2, 0.25) is 0 Å². The molecule has 2 rings (SSSR count). The topological polar surface area (TPSA) is 37.8 Å². The molecule has 1 N–H and O–H groups in total. The summed E-state index contributed by atoms with van der Waals surface area (Å²) in [7, 11) is 0. The Bertz CT molecular complexity index is 485. The van der Waals surface area contributed by atoms with E-state index in [0.29, 0.717) is 6.04 Å². The van der Waals surface area contributed by atoms with Gasteiger partial charge in [-0.3, -0.25) is 0 Å². The number of hydrogen-bond donors (Lipinski definition) is 1. The molecule has 3 nitrogen and oxygen atoms in total. The van der Waals surface area contributed by atoms with Gasteiger partial charge < -0.3 is 5.32 Å². The summed E-state index contributed by atoms with van der Waals surface area (Å²) < 4.78 is 0. The van der Waals surface area contributed by atoms with Crippen molar-refractivity contribution in [3.63, 3.8) is 0 Å². The van der Waals surface area contributed by atoms with Crippen LogP contribution in [-0.4, -0.2) is 16.0 Å². The van der Waals surface area contributed by atoms with E-state index in [9.17, 15) is 0 Å². The van der Waals surface area contributed by atoms with Gasteiger partial charge in [0, 0.05) is 25.0 Å². The molecule has 2 aromatic rings. The molecular weight excluding hydrogens is 242 g/mol. The second-order valence-electron chi connectivity index (χ2n) is 4.27. The highest BCUT2D eigenvalue weighted by Crippen LogP contribution is 2.26. The van der Waals surface area contributed by atoms with E-state index < -0.39 is 0 Å². The summed E-state index contributed by atoms with van der Waals surface area (Å²) in [5.41, 5.74) is 1.21. The normalized spacial score (nSPS) is 10.8. The molecule has 0 amide bonds. The van der Waals surface area contributed by atoms with E-state index in [0.717, 1.165) is 16.6 Å². The molecule has 0 aliphatic carbocycles. The summed E-state index contributed by atoms with van der Waals surface area (Å²) in [5.74, 6) is 0. The van der Waals surface area contributed by atoms with Gasteiger partial charge in [0.2, 0.25) is 0 Å². The third-order valence-electron chi connectivity index (χ3n) is 2.39. The number of rotatable bonds is 5. The lowest BCUT2D eigenvalue weighted by Gasteiger charge is -2.11. The first-order valence-electron chi connectivity index (χ1n) is 6.02. The zero-order valence-corrected chi connectivity index (χ0v) is 11.4. The predicted octanol–water partition coefficient (Wildman–Crippen LogP) is 3.13. The molecule has 4 heteroatoms. The van der Waals surface area contributed by atoms with E-state index in [1.807, 2.05) is 30.5 Å². The largest absolute Gasteiger partial charge is 0.310 e. The predicted molar refractivity (Wildman–Crippen MR) is 74.6 cm³/mol. The second-order valence-corrected chi connectivity index (χ2v) is 5.28. The molecule has 2 aromatic heterocycles. The highest BCUT2D eigenvalue weighted by molar-refractivity contribution is 7.99. The smallest absolute Gasteiger partial charge is 0.107 e. The molecule has 0 radical (unpaired) electrons. The van der Waals surface area contributed by atoms with Crippen molar-refractivity contribution >= 4 is 11.8 Å². The van der Waals surface area contributed by atoms with Gasteiger partial charge in [0.15, 0.2) is 0 Å². The van der Waals surface area contributed by atoms with Gasteiger partial charge >= 0.3 is 0 Å². The minimum Gasteiger partial charge on any atom is -0.310 e. The molecule has 2 heterocycles. The molecule has 0 aliphatic rings. The fourth-order valence-corrected chi connectivity index (χ4v) is 2.31. The summed E-state index contributed by atoms with van der Waals surface area (Å²) in [6.07, 6.45) is 3.63. The Hall–Kier alpha value is -1.39.